The van der Waals surface area contributed by atoms with Gasteiger partial charge in [0, 0.05) is 30.1 Å². The van der Waals surface area contributed by atoms with Crippen LogP contribution in [-0.4, -0.2) is 29.6 Å². The summed E-state index contributed by atoms with van der Waals surface area (Å²) in [7, 11) is 1.83. The van der Waals surface area contributed by atoms with Gasteiger partial charge in [-0.05, 0) is 30.4 Å². The zero-order valence-electron chi connectivity index (χ0n) is 10.9. The van der Waals surface area contributed by atoms with Crippen molar-refractivity contribution in [3.8, 4) is 0 Å². The number of rotatable bonds is 3. The van der Waals surface area contributed by atoms with E-state index in [4.69, 9.17) is 18.0 Å². The van der Waals surface area contributed by atoms with E-state index in [2.05, 4.69) is 0 Å². The molecule has 1 aliphatic rings. The summed E-state index contributed by atoms with van der Waals surface area (Å²) in [6.07, 6.45) is -3.47. The topological polar surface area (TPSA) is 29.3 Å². The van der Waals surface area contributed by atoms with Gasteiger partial charge in [-0.25, -0.2) is 0 Å². The molecule has 1 aromatic rings. The van der Waals surface area contributed by atoms with Crippen molar-refractivity contribution in [2.45, 2.75) is 18.6 Å². The number of hydrogen-bond acceptors (Lipinski definition) is 3. The van der Waals surface area contributed by atoms with Gasteiger partial charge in [0.15, 0.2) is 0 Å². The van der Waals surface area contributed by atoms with Crippen molar-refractivity contribution < 1.29 is 13.2 Å². The fourth-order valence-electron chi connectivity index (χ4n) is 2.24. The van der Waals surface area contributed by atoms with Crippen molar-refractivity contribution in [3.63, 3.8) is 0 Å². The highest BCUT2D eigenvalue weighted by Crippen LogP contribution is 2.35. The van der Waals surface area contributed by atoms with E-state index in [1.807, 2.05) is 23.7 Å². The van der Waals surface area contributed by atoms with Gasteiger partial charge in [0.1, 0.15) is 4.99 Å². The van der Waals surface area contributed by atoms with Crippen LogP contribution >= 0.6 is 24.0 Å². The highest BCUT2D eigenvalue weighted by atomic mass is 32.2. The van der Waals surface area contributed by atoms with Crippen molar-refractivity contribution in [1.82, 2.24) is 0 Å². The molecule has 0 amide bonds. The third-order valence-corrected chi connectivity index (χ3v) is 4.80. The lowest BCUT2D eigenvalue weighted by Gasteiger charge is -2.27. The monoisotopic (exact) mass is 320 g/mol. The first-order chi connectivity index (χ1) is 9.30. The molecule has 1 saturated heterocycles. The smallest absolute Gasteiger partial charge is 0.389 e. The summed E-state index contributed by atoms with van der Waals surface area (Å²) in [6, 6.07) is 4.42. The number of anilines is 1. The lowest BCUT2D eigenvalue weighted by atomic mass is 10.0. The molecule has 2 rings (SSSR count). The van der Waals surface area contributed by atoms with Crippen LogP contribution in [0.15, 0.2) is 18.2 Å². The molecule has 0 bridgehead atoms. The van der Waals surface area contributed by atoms with Crippen LogP contribution in [0.5, 0.6) is 0 Å². The first kappa shape index (κ1) is 15.4. The minimum absolute atomic E-state index is 0.120. The molecule has 2 N–H and O–H groups in total. The predicted octanol–water partition coefficient (Wildman–Crippen LogP) is 3.28. The molecular formula is C13H15F3N2S2. The van der Waals surface area contributed by atoms with Crippen molar-refractivity contribution in [3.05, 3.63) is 29.3 Å². The van der Waals surface area contributed by atoms with E-state index in [9.17, 15) is 13.2 Å². The minimum atomic E-state index is -4.46. The van der Waals surface area contributed by atoms with Crippen molar-refractivity contribution >= 4 is 34.7 Å². The van der Waals surface area contributed by atoms with Gasteiger partial charge in [0.25, 0.3) is 0 Å². The summed E-state index contributed by atoms with van der Waals surface area (Å²) in [5.74, 6) is 1.99. The van der Waals surface area contributed by atoms with Crippen LogP contribution in [0.3, 0.4) is 0 Å². The molecule has 0 radical (unpaired) electrons. The van der Waals surface area contributed by atoms with Crippen molar-refractivity contribution in [2.24, 2.45) is 5.73 Å². The molecule has 0 spiro atoms. The molecule has 1 aliphatic heterocycles. The van der Waals surface area contributed by atoms with Crippen LogP contribution in [0.1, 0.15) is 17.5 Å². The van der Waals surface area contributed by atoms with E-state index in [1.54, 1.807) is 6.07 Å². The Labute approximate surface area is 125 Å². The second kappa shape index (κ2) is 5.81. The molecule has 110 valence electrons. The Kier molecular flexibility index (Phi) is 4.49. The third-order valence-electron chi connectivity index (χ3n) is 3.43. The van der Waals surface area contributed by atoms with Gasteiger partial charge in [0.05, 0.1) is 5.56 Å². The van der Waals surface area contributed by atoms with Crippen LogP contribution in [0.25, 0.3) is 0 Å². The van der Waals surface area contributed by atoms with E-state index in [0.29, 0.717) is 5.69 Å². The Hall–Kier alpha value is -0.950. The van der Waals surface area contributed by atoms with Gasteiger partial charge in [0.2, 0.25) is 0 Å². The minimum Gasteiger partial charge on any atom is -0.389 e. The van der Waals surface area contributed by atoms with Gasteiger partial charge < -0.3 is 10.6 Å². The highest BCUT2D eigenvalue weighted by molar-refractivity contribution is 7.99. The maximum absolute atomic E-state index is 13.1. The Morgan fingerprint density at radius 1 is 1.45 bits per heavy atom. The number of thiocarbonyl (C=S) groups is 1. The lowest BCUT2D eigenvalue weighted by molar-refractivity contribution is -0.137. The van der Waals surface area contributed by atoms with Crippen molar-refractivity contribution in [2.75, 3.05) is 23.5 Å². The summed E-state index contributed by atoms with van der Waals surface area (Å²) in [5.41, 5.74) is 5.04. The van der Waals surface area contributed by atoms with Crippen LogP contribution in [0.2, 0.25) is 0 Å². The Morgan fingerprint density at radius 2 is 2.15 bits per heavy atom. The third kappa shape index (κ3) is 3.20. The summed E-state index contributed by atoms with van der Waals surface area (Å²) in [6.45, 7) is 0. The van der Waals surface area contributed by atoms with Crippen LogP contribution in [0, 0.1) is 0 Å². The zero-order chi connectivity index (χ0) is 14.9. The number of nitrogens with zero attached hydrogens (tertiary/aromatic N) is 1. The standard InChI is InChI=1S/C13H15F3N2S2/c1-18(9-4-5-20-7-9)8-2-3-10(12(17)19)11(6-8)13(14,15)16/h2-3,6,9H,4-5,7H2,1H3,(H2,17,19). The van der Waals surface area contributed by atoms with Crippen LogP contribution < -0.4 is 10.6 Å². The number of benzene rings is 1. The fraction of sp³-hybridized carbons (Fsp3) is 0.462. The number of nitrogens with two attached hydrogens (primary N) is 1. The molecule has 7 heteroatoms. The second-order valence-corrected chi connectivity index (χ2v) is 6.31. The van der Waals surface area contributed by atoms with E-state index in [1.165, 1.54) is 6.07 Å². The molecule has 0 saturated carbocycles. The van der Waals surface area contributed by atoms with Gasteiger partial charge in [-0.1, -0.05) is 12.2 Å². The van der Waals surface area contributed by atoms with E-state index >= 15 is 0 Å². The fourth-order valence-corrected chi connectivity index (χ4v) is 3.69. The van der Waals surface area contributed by atoms with Crippen LogP contribution in [0.4, 0.5) is 18.9 Å². The summed E-state index contributed by atoms with van der Waals surface area (Å²) in [4.78, 5) is 1.67. The Morgan fingerprint density at radius 3 is 2.65 bits per heavy atom. The largest absolute Gasteiger partial charge is 0.417 e. The number of hydrogen-bond donors (Lipinski definition) is 1. The molecule has 20 heavy (non-hydrogen) atoms. The SMILES string of the molecule is CN(c1ccc(C(N)=S)c(C(F)(F)F)c1)C1CCSC1. The van der Waals surface area contributed by atoms with Gasteiger partial charge in [-0.3, -0.25) is 0 Å². The normalized spacial score (nSPS) is 19.1. The van der Waals surface area contributed by atoms with Crippen LogP contribution in [-0.2, 0) is 6.18 Å². The maximum atomic E-state index is 13.1. The van der Waals surface area contributed by atoms with Crippen molar-refractivity contribution in [1.29, 1.82) is 0 Å². The molecule has 1 unspecified atom stereocenters. The highest BCUT2D eigenvalue weighted by Gasteiger charge is 2.35. The Bertz CT molecular complexity index is 511. The van der Waals surface area contributed by atoms with E-state index < -0.39 is 11.7 Å². The predicted molar refractivity (Wildman–Crippen MR) is 81.5 cm³/mol. The van der Waals surface area contributed by atoms with E-state index in [-0.39, 0.29) is 16.6 Å². The molecule has 1 heterocycles. The first-order valence-corrected chi connectivity index (χ1v) is 7.68. The molecule has 1 aromatic carbocycles. The molecule has 1 fully saturated rings. The molecule has 0 aliphatic carbocycles. The molecular weight excluding hydrogens is 305 g/mol. The second-order valence-electron chi connectivity index (χ2n) is 4.72. The maximum Gasteiger partial charge on any atom is 0.417 e. The van der Waals surface area contributed by atoms with E-state index in [0.717, 1.165) is 24.0 Å². The van der Waals surface area contributed by atoms with Gasteiger partial charge >= 0.3 is 6.18 Å². The average Bonchev–Trinajstić information content (AvgIpc) is 2.89. The number of halogens is 3. The first-order valence-electron chi connectivity index (χ1n) is 6.12. The number of alkyl halides is 3. The molecule has 1 atom stereocenters. The van der Waals surface area contributed by atoms with Gasteiger partial charge in [-0.15, -0.1) is 0 Å². The van der Waals surface area contributed by atoms with Gasteiger partial charge in [-0.2, -0.15) is 24.9 Å². The summed E-state index contributed by atoms with van der Waals surface area (Å²) < 4.78 is 39.3. The zero-order valence-corrected chi connectivity index (χ0v) is 12.5. The quantitative estimate of drug-likeness (QED) is 0.866. The lowest BCUT2D eigenvalue weighted by Crippen LogP contribution is -2.31. The molecule has 0 aromatic heterocycles. The molecule has 2 nitrogen and oxygen atoms in total. The summed E-state index contributed by atoms with van der Waals surface area (Å²) in [5, 5.41) is 0. The average molecular weight is 320 g/mol. The number of thioether (sulfide) groups is 1. The Balaban J connectivity index is 2.38. The summed E-state index contributed by atoms with van der Waals surface area (Å²) >= 11 is 6.51.